The first-order chi connectivity index (χ1) is 18.0. The summed E-state index contributed by atoms with van der Waals surface area (Å²) in [5.74, 6) is 1.45. The van der Waals surface area contributed by atoms with Crippen molar-refractivity contribution in [1.82, 2.24) is 9.80 Å². The molecule has 1 aliphatic heterocycles. The van der Waals surface area contributed by atoms with E-state index in [2.05, 4.69) is 6.07 Å². The standard InChI is InChI=1S/C28H32N2O6S/c1-33-15-14-29(28(32)20-7-6-8-21(17-20)34-2)18-27(31)30-13-11-26-22(12-16-37-26)23(30)19-36-25-10-5-4-9-24(25)35-3/h4-10,12,16-17,23H,11,13-15,18-19H2,1-3H3. The number of carbonyl (C=O) groups excluding carboxylic acids is 2. The number of hydrogen-bond acceptors (Lipinski definition) is 7. The second-order valence-corrected chi connectivity index (χ2v) is 9.57. The molecule has 0 saturated heterocycles. The van der Waals surface area contributed by atoms with Crippen molar-refractivity contribution in [2.75, 3.05) is 54.2 Å². The van der Waals surface area contributed by atoms with Gasteiger partial charge in [0.05, 0.1) is 26.9 Å². The molecule has 1 atom stereocenters. The Labute approximate surface area is 221 Å². The first-order valence-electron chi connectivity index (χ1n) is 12.1. The zero-order chi connectivity index (χ0) is 26.2. The molecule has 2 heterocycles. The Balaban J connectivity index is 1.54. The fourth-order valence-corrected chi connectivity index (χ4v) is 5.36. The molecule has 0 saturated carbocycles. The monoisotopic (exact) mass is 524 g/mol. The van der Waals surface area contributed by atoms with Gasteiger partial charge in [0.15, 0.2) is 11.5 Å². The Morgan fingerprint density at radius 1 is 1.03 bits per heavy atom. The van der Waals surface area contributed by atoms with Crippen LogP contribution >= 0.6 is 11.3 Å². The van der Waals surface area contributed by atoms with Gasteiger partial charge >= 0.3 is 0 Å². The summed E-state index contributed by atoms with van der Waals surface area (Å²) < 4.78 is 22.1. The second-order valence-electron chi connectivity index (χ2n) is 8.57. The molecule has 1 aromatic heterocycles. The summed E-state index contributed by atoms with van der Waals surface area (Å²) in [5, 5.41) is 2.05. The highest BCUT2D eigenvalue weighted by molar-refractivity contribution is 7.10. The van der Waals surface area contributed by atoms with Gasteiger partial charge in [0.1, 0.15) is 18.9 Å². The largest absolute Gasteiger partial charge is 0.497 e. The molecule has 3 aromatic rings. The van der Waals surface area contributed by atoms with E-state index in [0.29, 0.717) is 36.0 Å². The fourth-order valence-electron chi connectivity index (χ4n) is 4.43. The molecule has 0 aliphatic carbocycles. The Bertz CT molecular complexity index is 1210. The zero-order valence-corrected chi connectivity index (χ0v) is 22.2. The van der Waals surface area contributed by atoms with Crippen LogP contribution in [0.15, 0.2) is 60.0 Å². The fraction of sp³-hybridized carbons (Fsp3) is 0.357. The molecule has 1 aliphatic rings. The molecule has 0 N–H and O–H groups in total. The van der Waals surface area contributed by atoms with Crippen molar-refractivity contribution in [1.29, 1.82) is 0 Å². The van der Waals surface area contributed by atoms with Crippen LogP contribution in [0, 0.1) is 0 Å². The van der Waals surface area contributed by atoms with E-state index in [1.807, 2.05) is 34.5 Å². The highest BCUT2D eigenvalue weighted by atomic mass is 32.1. The van der Waals surface area contributed by atoms with Crippen LogP contribution in [0.3, 0.4) is 0 Å². The summed E-state index contributed by atoms with van der Waals surface area (Å²) >= 11 is 1.69. The van der Waals surface area contributed by atoms with Gasteiger partial charge in [0, 0.05) is 30.6 Å². The topological polar surface area (TPSA) is 77.5 Å². The predicted octanol–water partition coefficient (Wildman–Crippen LogP) is 4.06. The van der Waals surface area contributed by atoms with Crippen molar-refractivity contribution in [3.8, 4) is 17.2 Å². The summed E-state index contributed by atoms with van der Waals surface area (Å²) in [6, 6.07) is 16.2. The van der Waals surface area contributed by atoms with Crippen molar-refractivity contribution in [3.63, 3.8) is 0 Å². The van der Waals surface area contributed by atoms with Crippen LogP contribution in [0.5, 0.6) is 17.2 Å². The molecule has 37 heavy (non-hydrogen) atoms. The minimum atomic E-state index is -0.274. The molecular formula is C28H32N2O6S. The van der Waals surface area contributed by atoms with Crippen LogP contribution in [0.25, 0.3) is 0 Å². The lowest BCUT2D eigenvalue weighted by atomic mass is 10.0. The zero-order valence-electron chi connectivity index (χ0n) is 21.3. The number of fused-ring (bicyclic) bond motifs is 1. The highest BCUT2D eigenvalue weighted by Gasteiger charge is 2.34. The number of carbonyl (C=O) groups is 2. The van der Waals surface area contributed by atoms with Crippen LogP contribution in [0.1, 0.15) is 26.8 Å². The van der Waals surface area contributed by atoms with Gasteiger partial charge < -0.3 is 28.7 Å². The number of thiophene rings is 1. The quantitative estimate of drug-likeness (QED) is 0.377. The summed E-state index contributed by atoms with van der Waals surface area (Å²) in [7, 11) is 4.73. The maximum Gasteiger partial charge on any atom is 0.254 e. The smallest absolute Gasteiger partial charge is 0.254 e. The second kappa shape index (κ2) is 12.6. The van der Waals surface area contributed by atoms with Crippen molar-refractivity contribution in [2.45, 2.75) is 12.5 Å². The first kappa shape index (κ1) is 26.5. The van der Waals surface area contributed by atoms with Gasteiger partial charge in [-0.05, 0) is 53.8 Å². The van der Waals surface area contributed by atoms with Crippen LogP contribution in [-0.4, -0.2) is 75.8 Å². The number of ether oxygens (including phenoxy) is 4. The van der Waals surface area contributed by atoms with Crippen molar-refractivity contribution < 1.29 is 28.5 Å². The van der Waals surface area contributed by atoms with E-state index in [1.54, 1.807) is 56.9 Å². The van der Waals surface area contributed by atoms with Crippen molar-refractivity contribution in [3.05, 3.63) is 76.0 Å². The molecule has 2 aromatic carbocycles. The normalized spacial score (nSPS) is 14.6. The minimum Gasteiger partial charge on any atom is -0.497 e. The number of para-hydroxylation sites is 2. The van der Waals surface area contributed by atoms with Gasteiger partial charge in [0.25, 0.3) is 5.91 Å². The molecule has 4 rings (SSSR count). The third kappa shape index (κ3) is 6.23. The summed E-state index contributed by atoms with van der Waals surface area (Å²) in [4.78, 5) is 31.7. The van der Waals surface area contributed by atoms with E-state index in [4.69, 9.17) is 18.9 Å². The number of nitrogens with zero attached hydrogens (tertiary/aromatic N) is 2. The number of benzene rings is 2. The van der Waals surface area contributed by atoms with Crippen molar-refractivity contribution in [2.24, 2.45) is 0 Å². The van der Waals surface area contributed by atoms with E-state index in [9.17, 15) is 9.59 Å². The molecule has 0 radical (unpaired) electrons. The number of rotatable bonds is 11. The highest BCUT2D eigenvalue weighted by Crippen LogP contribution is 2.35. The number of methoxy groups -OCH3 is 3. The maximum atomic E-state index is 13.7. The van der Waals surface area contributed by atoms with E-state index in [1.165, 1.54) is 9.78 Å². The molecule has 2 amide bonds. The Morgan fingerprint density at radius 3 is 2.59 bits per heavy atom. The Hall–Kier alpha value is -3.56. The molecule has 0 spiro atoms. The van der Waals surface area contributed by atoms with Crippen LogP contribution in [-0.2, 0) is 16.0 Å². The maximum absolute atomic E-state index is 13.7. The molecule has 0 fully saturated rings. The van der Waals surface area contributed by atoms with E-state index < -0.39 is 0 Å². The average Bonchev–Trinajstić information content (AvgIpc) is 3.43. The van der Waals surface area contributed by atoms with Gasteiger partial charge in [0.2, 0.25) is 5.91 Å². The van der Waals surface area contributed by atoms with Crippen LogP contribution < -0.4 is 14.2 Å². The van der Waals surface area contributed by atoms with Gasteiger partial charge in [-0.25, -0.2) is 0 Å². The number of amides is 2. The molecule has 9 heteroatoms. The SMILES string of the molecule is COCCN(CC(=O)N1CCc2sccc2C1COc1ccccc1OC)C(=O)c1cccc(OC)c1. The molecule has 0 bridgehead atoms. The Morgan fingerprint density at radius 2 is 1.84 bits per heavy atom. The average molecular weight is 525 g/mol. The lowest BCUT2D eigenvalue weighted by molar-refractivity contribution is -0.135. The lowest BCUT2D eigenvalue weighted by Crippen LogP contribution is -2.48. The van der Waals surface area contributed by atoms with Gasteiger partial charge in [-0.3, -0.25) is 9.59 Å². The third-order valence-corrected chi connectivity index (χ3v) is 7.37. The number of hydrogen-bond donors (Lipinski definition) is 0. The van der Waals surface area contributed by atoms with Gasteiger partial charge in [-0.1, -0.05) is 18.2 Å². The minimum absolute atomic E-state index is 0.0654. The van der Waals surface area contributed by atoms with Crippen molar-refractivity contribution >= 4 is 23.2 Å². The van der Waals surface area contributed by atoms with E-state index >= 15 is 0 Å². The summed E-state index contributed by atoms with van der Waals surface area (Å²) in [5.41, 5.74) is 1.54. The molecule has 1 unspecified atom stereocenters. The predicted molar refractivity (Wildman–Crippen MR) is 142 cm³/mol. The Kier molecular flexibility index (Phi) is 9.03. The lowest BCUT2D eigenvalue weighted by Gasteiger charge is -2.37. The molecule has 8 nitrogen and oxygen atoms in total. The molecular weight excluding hydrogens is 492 g/mol. The summed E-state index contributed by atoms with van der Waals surface area (Å²) in [6.07, 6.45) is 0.770. The van der Waals surface area contributed by atoms with Crippen LogP contribution in [0.4, 0.5) is 0 Å². The summed E-state index contributed by atoms with van der Waals surface area (Å²) in [6.45, 7) is 1.37. The molecule has 196 valence electrons. The first-order valence-corrected chi connectivity index (χ1v) is 13.0. The van der Waals surface area contributed by atoms with Crippen LogP contribution in [0.2, 0.25) is 0 Å². The van der Waals surface area contributed by atoms with Gasteiger partial charge in [-0.2, -0.15) is 0 Å². The van der Waals surface area contributed by atoms with Gasteiger partial charge in [-0.15, -0.1) is 11.3 Å². The van der Waals surface area contributed by atoms with E-state index in [0.717, 1.165) is 12.0 Å². The third-order valence-electron chi connectivity index (χ3n) is 6.38. The van der Waals surface area contributed by atoms with E-state index in [-0.39, 0.29) is 37.6 Å².